The predicted molar refractivity (Wildman–Crippen MR) is 97.4 cm³/mol. The van der Waals surface area contributed by atoms with Crippen molar-refractivity contribution in [1.29, 1.82) is 0 Å². The van der Waals surface area contributed by atoms with Gasteiger partial charge in [-0.15, -0.1) is 0 Å². The second-order valence-electron chi connectivity index (χ2n) is 5.61. The maximum atomic E-state index is 12.3. The predicted octanol–water partition coefficient (Wildman–Crippen LogP) is 4.13. The summed E-state index contributed by atoms with van der Waals surface area (Å²) in [6.07, 6.45) is 3.20. The Hall–Kier alpha value is -1.61. The van der Waals surface area contributed by atoms with Crippen LogP contribution in [0.25, 0.3) is 5.57 Å². The summed E-state index contributed by atoms with van der Waals surface area (Å²) in [5, 5.41) is 3.02. The molecule has 22 heavy (non-hydrogen) atoms. The fourth-order valence-corrected chi connectivity index (χ4v) is 2.57. The first kappa shape index (κ1) is 18.4. The van der Waals surface area contributed by atoms with E-state index in [0.717, 1.165) is 31.6 Å². The summed E-state index contributed by atoms with van der Waals surface area (Å²) in [5.41, 5.74) is 4.35. The number of carbonyl (C=O) groups is 1. The average Bonchev–Trinajstić information content (AvgIpc) is 2.52. The molecule has 0 spiro atoms. The van der Waals surface area contributed by atoms with Crippen molar-refractivity contribution in [2.75, 3.05) is 26.2 Å². The van der Waals surface area contributed by atoms with Crippen LogP contribution in [0.15, 0.2) is 24.3 Å². The zero-order chi connectivity index (χ0) is 16.5. The van der Waals surface area contributed by atoms with Gasteiger partial charge in [-0.05, 0) is 62.2 Å². The quantitative estimate of drug-likeness (QED) is 0.783. The van der Waals surface area contributed by atoms with Gasteiger partial charge in [-0.1, -0.05) is 32.9 Å². The molecule has 3 nitrogen and oxygen atoms in total. The molecule has 0 aliphatic rings. The number of hydrogen-bond donors (Lipinski definition) is 1. The lowest BCUT2D eigenvalue weighted by Gasteiger charge is -2.18. The number of rotatable bonds is 8. The molecule has 0 saturated carbocycles. The third-order valence-corrected chi connectivity index (χ3v) is 4.04. The van der Waals surface area contributed by atoms with Crippen LogP contribution in [0.5, 0.6) is 0 Å². The second kappa shape index (κ2) is 9.42. The number of carbonyl (C=O) groups excluding carboxylic acids is 1. The largest absolute Gasteiger partial charge is 0.351 e. The van der Waals surface area contributed by atoms with Crippen LogP contribution in [0.2, 0.25) is 0 Å². The molecular weight excluding hydrogens is 272 g/mol. The lowest BCUT2D eigenvalue weighted by molar-refractivity contribution is 0.0949. The van der Waals surface area contributed by atoms with Gasteiger partial charge in [0.15, 0.2) is 0 Å². The first-order valence-electron chi connectivity index (χ1n) is 8.31. The van der Waals surface area contributed by atoms with E-state index in [-0.39, 0.29) is 7.33 Å². The van der Waals surface area contributed by atoms with Crippen molar-refractivity contribution in [2.24, 2.45) is 0 Å². The van der Waals surface area contributed by atoms with Crippen molar-refractivity contribution in [2.45, 2.75) is 41.0 Å². The smallest absolute Gasteiger partial charge is 0.251 e. The first-order chi connectivity index (χ1) is 10.5. The normalized spacial score (nSPS) is 11.8. The molecule has 1 aromatic rings. The molecule has 0 heterocycles. The molecule has 0 fully saturated rings. The molecule has 3 heteroatoms. The minimum Gasteiger partial charge on any atom is -0.351 e. The van der Waals surface area contributed by atoms with Crippen LogP contribution in [0.4, 0.5) is 0 Å². The molecule has 1 aromatic carbocycles. The minimum absolute atomic E-state index is 0. The van der Waals surface area contributed by atoms with Crippen LogP contribution in [0.1, 0.15) is 57.0 Å². The highest BCUT2D eigenvalue weighted by molar-refractivity contribution is 5.95. The standard InChI is InChI=1S/C19H30N2O.H2/c1-6-9-15(4)18-14-17(11-10-16(18)5)19(22)20-12-13-21(7-2)8-3;/h9-11,14H,6-8,12-13H2,1-5H3,(H,20,22);1H/b15-9+;. The van der Waals surface area contributed by atoms with Gasteiger partial charge >= 0.3 is 0 Å². The molecular formula is C19H32N2O. The van der Waals surface area contributed by atoms with Crippen LogP contribution in [-0.2, 0) is 0 Å². The molecule has 0 aromatic heterocycles. The Labute approximate surface area is 136 Å². The molecule has 1 rings (SSSR count). The molecule has 0 radical (unpaired) electrons. The number of benzene rings is 1. The van der Waals surface area contributed by atoms with Crippen LogP contribution < -0.4 is 5.32 Å². The highest BCUT2D eigenvalue weighted by Crippen LogP contribution is 2.20. The summed E-state index contributed by atoms with van der Waals surface area (Å²) in [5.74, 6) is 0.0118. The highest BCUT2D eigenvalue weighted by Gasteiger charge is 2.09. The van der Waals surface area contributed by atoms with Crippen LogP contribution in [0.3, 0.4) is 0 Å². The van der Waals surface area contributed by atoms with Gasteiger partial charge in [0.2, 0.25) is 0 Å². The third-order valence-electron chi connectivity index (χ3n) is 4.04. The monoisotopic (exact) mass is 304 g/mol. The third kappa shape index (κ3) is 5.30. The number of allylic oxidation sites excluding steroid dienone is 2. The Morgan fingerprint density at radius 2 is 1.95 bits per heavy atom. The maximum Gasteiger partial charge on any atom is 0.251 e. The van der Waals surface area contributed by atoms with E-state index in [1.165, 1.54) is 16.7 Å². The lowest BCUT2D eigenvalue weighted by atomic mass is 9.98. The van der Waals surface area contributed by atoms with E-state index < -0.39 is 0 Å². The van der Waals surface area contributed by atoms with Crippen molar-refractivity contribution in [3.05, 3.63) is 41.0 Å². The van der Waals surface area contributed by atoms with Gasteiger partial charge in [-0.3, -0.25) is 4.79 Å². The molecule has 0 bridgehead atoms. The van der Waals surface area contributed by atoms with E-state index in [2.05, 4.69) is 50.9 Å². The summed E-state index contributed by atoms with van der Waals surface area (Å²) >= 11 is 0. The first-order valence-corrected chi connectivity index (χ1v) is 8.31. The topological polar surface area (TPSA) is 32.3 Å². The highest BCUT2D eigenvalue weighted by atomic mass is 16.1. The van der Waals surface area contributed by atoms with Crippen molar-refractivity contribution in [3.8, 4) is 0 Å². The number of aryl methyl sites for hydroxylation is 1. The summed E-state index contributed by atoms with van der Waals surface area (Å²) in [6.45, 7) is 14.2. The van der Waals surface area contributed by atoms with E-state index in [4.69, 9.17) is 0 Å². The number of hydrogen-bond acceptors (Lipinski definition) is 2. The summed E-state index contributed by atoms with van der Waals surface area (Å²) in [6, 6.07) is 5.94. The second-order valence-corrected chi connectivity index (χ2v) is 5.61. The minimum atomic E-state index is 0. The van der Waals surface area contributed by atoms with Crippen LogP contribution in [0, 0.1) is 6.92 Å². The number of amides is 1. The molecule has 1 N–H and O–H groups in total. The van der Waals surface area contributed by atoms with E-state index in [0.29, 0.717) is 6.54 Å². The summed E-state index contributed by atoms with van der Waals surface area (Å²) in [7, 11) is 0. The van der Waals surface area contributed by atoms with Gasteiger partial charge < -0.3 is 10.2 Å². The van der Waals surface area contributed by atoms with Crippen molar-refractivity contribution < 1.29 is 6.22 Å². The number of likely N-dealkylation sites (N-methyl/N-ethyl adjacent to an activating group) is 1. The SMILES string of the molecule is CC/C=C(\C)c1cc(C(=O)NCCN(CC)CC)ccc1C.[HH]. The van der Waals surface area contributed by atoms with E-state index in [1.807, 2.05) is 18.2 Å². The number of nitrogens with zero attached hydrogens (tertiary/aromatic N) is 1. The fourth-order valence-electron chi connectivity index (χ4n) is 2.57. The Balaban J connectivity index is 0.00000484. The Morgan fingerprint density at radius 3 is 2.55 bits per heavy atom. The average molecular weight is 304 g/mol. The Morgan fingerprint density at radius 1 is 1.27 bits per heavy atom. The Kier molecular flexibility index (Phi) is 7.89. The Bertz CT molecular complexity index is 522. The fraction of sp³-hybridized carbons (Fsp3) is 0.526. The van der Waals surface area contributed by atoms with Crippen molar-refractivity contribution >= 4 is 11.5 Å². The van der Waals surface area contributed by atoms with E-state index in [1.54, 1.807) is 0 Å². The molecule has 0 atom stereocenters. The van der Waals surface area contributed by atoms with Gasteiger partial charge in [0.1, 0.15) is 0 Å². The van der Waals surface area contributed by atoms with E-state index >= 15 is 0 Å². The lowest BCUT2D eigenvalue weighted by Crippen LogP contribution is -2.34. The van der Waals surface area contributed by atoms with Gasteiger partial charge in [0.25, 0.3) is 5.91 Å². The molecule has 0 saturated heterocycles. The molecule has 0 unspecified atom stereocenters. The summed E-state index contributed by atoms with van der Waals surface area (Å²) in [4.78, 5) is 14.6. The summed E-state index contributed by atoms with van der Waals surface area (Å²) < 4.78 is 0. The van der Waals surface area contributed by atoms with Crippen molar-refractivity contribution in [1.82, 2.24) is 10.2 Å². The van der Waals surface area contributed by atoms with Gasteiger partial charge in [-0.25, -0.2) is 0 Å². The maximum absolute atomic E-state index is 12.3. The zero-order valence-corrected chi connectivity index (χ0v) is 14.7. The van der Waals surface area contributed by atoms with Gasteiger partial charge in [0, 0.05) is 20.1 Å². The van der Waals surface area contributed by atoms with Crippen LogP contribution >= 0.6 is 0 Å². The molecule has 1 amide bonds. The molecule has 124 valence electrons. The van der Waals surface area contributed by atoms with Gasteiger partial charge in [-0.2, -0.15) is 0 Å². The number of nitrogens with one attached hydrogen (secondary N) is 1. The van der Waals surface area contributed by atoms with E-state index in [9.17, 15) is 4.79 Å². The molecule has 0 aliphatic carbocycles. The van der Waals surface area contributed by atoms with Gasteiger partial charge in [0.05, 0.1) is 0 Å². The van der Waals surface area contributed by atoms with Crippen LogP contribution in [-0.4, -0.2) is 37.0 Å². The molecule has 0 aliphatic heterocycles. The zero-order valence-electron chi connectivity index (χ0n) is 14.7. The van der Waals surface area contributed by atoms with Crippen molar-refractivity contribution in [3.63, 3.8) is 0 Å².